The van der Waals surface area contributed by atoms with Crippen LogP contribution >= 0.6 is 0 Å². The molecule has 5 amide bonds. The van der Waals surface area contributed by atoms with Crippen molar-refractivity contribution in [3.8, 4) is 0 Å². The van der Waals surface area contributed by atoms with Gasteiger partial charge in [0.15, 0.2) is 0 Å². The Hall–Kier alpha value is -4.15. The molecule has 2 rings (SSSR count). The van der Waals surface area contributed by atoms with Crippen LogP contribution in [0, 0.1) is 5.92 Å². The number of ether oxygens (including phenoxy) is 2. The molecule has 1 aromatic rings. The lowest BCUT2D eigenvalue weighted by Gasteiger charge is -2.24. The fraction of sp³-hybridized carbons (Fsp3) is 0.576. The number of aryl methyl sites for hydroxylation is 1. The summed E-state index contributed by atoms with van der Waals surface area (Å²) in [5, 5.41) is 8.17. The monoisotopic (exact) mass is 708 g/mol. The highest BCUT2D eigenvalue weighted by Crippen LogP contribution is 2.20. The molecular weight excluding hydrogens is 660 g/mol. The summed E-state index contributed by atoms with van der Waals surface area (Å²) >= 11 is 0. The Kier molecular flexibility index (Phi) is 17.1. The van der Waals surface area contributed by atoms with Gasteiger partial charge in [-0.1, -0.05) is 26.3 Å². The molecule has 15 nitrogen and oxygen atoms in total. The topological polar surface area (TPSA) is 215 Å². The van der Waals surface area contributed by atoms with E-state index in [1.54, 1.807) is 32.0 Å². The Labute approximate surface area is 287 Å². The van der Waals surface area contributed by atoms with E-state index in [4.69, 9.17) is 14.0 Å². The zero-order valence-corrected chi connectivity index (χ0v) is 29.3. The number of nitrogens with zero attached hydrogens (tertiary/aromatic N) is 1. The van der Waals surface area contributed by atoms with Gasteiger partial charge in [-0.05, 0) is 68.2 Å². The van der Waals surface area contributed by atoms with Gasteiger partial charge in [-0.25, -0.2) is 0 Å². The molecule has 272 valence electrons. The third-order valence-electron chi connectivity index (χ3n) is 7.53. The average molecular weight is 709 g/mol. The number of unbranched alkanes of at least 4 members (excludes halogenated alkanes) is 2. The van der Waals surface area contributed by atoms with E-state index in [0.29, 0.717) is 44.4 Å². The number of carbonyl (C=O) groups excluding carboxylic acids is 6. The molecule has 0 aliphatic carbocycles. The van der Waals surface area contributed by atoms with Crippen LogP contribution in [0.15, 0.2) is 30.4 Å². The summed E-state index contributed by atoms with van der Waals surface area (Å²) in [4.78, 5) is 74.5. The van der Waals surface area contributed by atoms with Crippen molar-refractivity contribution in [1.82, 2.24) is 15.5 Å². The quantitative estimate of drug-likeness (QED) is 0.0592. The molecule has 1 aromatic carbocycles. The second-order valence-electron chi connectivity index (χ2n) is 12.1. The Morgan fingerprint density at radius 2 is 1.55 bits per heavy atom. The smallest absolute Gasteiger partial charge is 0.302 e. The number of amides is 5. The van der Waals surface area contributed by atoms with Gasteiger partial charge >= 0.3 is 5.97 Å². The van der Waals surface area contributed by atoms with Crippen molar-refractivity contribution in [2.45, 2.75) is 91.3 Å². The maximum Gasteiger partial charge on any atom is 0.302 e. The predicted octanol–water partition coefficient (Wildman–Crippen LogP) is 2.05. The number of hydrogen-bond acceptors (Lipinski definition) is 10. The van der Waals surface area contributed by atoms with Crippen LogP contribution in [-0.4, -0.2) is 91.0 Å². The molecule has 1 aliphatic rings. The minimum absolute atomic E-state index is 0.0290. The van der Waals surface area contributed by atoms with Crippen molar-refractivity contribution in [2.24, 2.45) is 5.92 Å². The Balaban J connectivity index is 1.88. The van der Waals surface area contributed by atoms with E-state index in [1.807, 2.05) is 0 Å². The van der Waals surface area contributed by atoms with Crippen LogP contribution in [0.4, 0.5) is 5.69 Å². The third-order valence-corrected chi connectivity index (χ3v) is 8.34. The van der Waals surface area contributed by atoms with Crippen molar-refractivity contribution in [2.75, 3.05) is 30.8 Å². The number of esters is 1. The summed E-state index contributed by atoms with van der Waals surface area (Å²) in [6.07, 6.45) is 5.48. The van der Waals surface area contributed by atoms with Crippen molar-refractivity contribution >= 4 is 51.3 Å². The summed E-state index contributed by atoms with van der Waals surface area (Å²) in [6.45, 7) is 7.15. The molecule has 0 spiro atoms. The fourth-order valence-corrected chi connectivity index (χ4v) is 5.33. The molecule has 0 saturated heterocycles. The van der Waals surface area contributed by atoms with E-state index in [1.165, 1.54) is 26.0 Å². The fourth-order valence-electron chi connectivity index (χ4n) is 4.85. The maximum absolute atomic E-state index is 13.1. The zero-order chi connectivity index (χ0) is 36.6. The summed E-state index contributed by atoms with van der Waals surface area (Å²) in [5.41, 5.74) is 1.96. The van der Waals surface area contributed by atoms with Crippen molar-refractivity contribution < 1.29 is 51.2 Å². The first-order valence-electron chi connectivity index (χ1n) is 16.3. The summed E-state index contributed by atoms with van der Waals surface area (Å²) in [7, 11) is -4.04. The van der Waals surface area contributed by atoms with E-state index in [-0.39, 0.29) is 62.0 Å². The van der Waals surface area contributed by atoms with Crippen LogP contribution < -0.4 is 16.0 Å². The zero-order valence-electron chi connectivity index (χ0n) is 28.5. The Morgan fingerprint density at radius 1 is 0.878 bits per heavy atom. The SMILES string of the molecule is CC(=O)OCc1ccc(NC(=O)[C@H](C)NC(=O)C(NC(=O)CCCCCN2C(=O)C=CC2=O)C(C)C)cc1CCCOCCCS(=O)(=O)O. The third kappa shape index (κ3) is 15.7. The predicted molar refractivity (Wildman–Crippen MR) is 179 cm³/mol. The van der Waals surface area contributed by atoms with Gasteiger partial charge in [-0.15, -0.1) is 0 Å². The molecule has 0 radical (unpaired) electrons. The van der Waals surface area contributed by atoms with Gasteiger partial charge in [0.25, 0.3) is 21.9 Å². The van der Waals surface area contributed by atoms with E-state index in [2.05, 4.69) is 16.0 Å². The number of benzene rings is 1. The van der Waals surface area contributed by atoms with Gasteiger partial charge in [0.1, 0.15) is 18.7 Å². The number of nitrogens with one attached hydrogen (secondary N) is 3. The number of hydrogen-bond donors (Lipinski definition) is 4. The minimum atomic E-state index is -4.04. The lowest BCUT2D eigenvalue weighted by Crippen LogP contribution is -2.53. The second kappa shape index (κ2) is 20.4. The van der Waals surface area contributed by atoms with E-state index < -0.39 is 40.0 Å². The van der Waals surface area contributed by atoms with E-state index in [0.717, 1.165) is 16.0 Å². The van der Waals surface area contributed by atoms with Gasteiger partial charge in [0.05, 0.1) is 5.75 Å². The molecular formula is C33H48N4O11S. The van der Waals surface area contributed by atoms with Gasteiger partial charge in [0, 0.05) is 50.9 Å². The molecule has 49 heavy (non-hydrogen) atoms. The van der Waals surface area contributed by atoms with Crippen LogP contribution in [0.2, 0.25) is 0 Å². The van der Waals surface area contributed by atoms with Crippen LogP contribution in [0.3, 0.4) is 0 Å². The standard InChI is InChI=1S/C33H48N4O11S/c1-22(2)31(36-28(39)11-6-5-7-16-37-29(40)14-15-30(37)41)33(43)34-23(3)32(42)35-27-13-12-26(21-48-24(4)38)25(20-27)10-8-17-47-18-9-19-49(44,45)46/h12-15,20,22-23,31H,5-11,16-19,21H2,1-4H3,(H,34,43)(H,35,42)(H,36,39)(H,44,45,46)/t23-,31?/m0/s1. The molecule has 0 fully saturated rings. The first-order chi connectivity index (χ1) is 23.1. The Bertz CT molecular complexity index is 1460. The number of anilines is 1. The van der Waals surface area contributed by atoms with Crippen LogP contribution in [0.25, 0.3) is 0 Å². The molecule has 1 aliphatic heterocycles. The summed E-state index contributed by atoms with van der Waals surface area (Å²) in [5.74, 6) is -3.13. The van der Waals surface area contributed by atoms with Crippen LogP contribution in [0.1, 0.15) is 77.3 Å². The largest absolute Gasteiger partial charge is 0.461 e. The van der Waals surface area contributed by atoms with Crippen molar-refractivity contribution in [3.63, 3.8) is 0 Å². The van der Waals surface area contributed by atoms with Crippen molar-refractivity contribution in [3.05, 3.63) is 41.5 Å². The molecule has 1 unspecified atom stereocenters. The molecule has 0 aromatic heterocycles. The maximum atomic E-state index is 13.1. The molecule has 1 heterocycles. The lowest BCUT2D eigenvalue weighted by atomic mass is 10.0. The van der Waals surface area contributed by atoms with Crippen molar-refractivity contribution in [1.29, 1.82) is 0 Å². The lowest BCUT2D eigenvalue weighted by molar-refractivity contribution is -0.142. The normalized spacial score (nSPS) is 14.1. The first kappa shape index (κ1) is 41.0. The first-order valence-corrected chi connectivity index (χ1v) is 17.9. The molecule has 16 heteroatoms. The molecule has 0 saturated carbocycles. The summed E-state index contributed by atoms with van der Waals surface area (Å²) < 4.78 is 41.0. The van der Waals surface area contributed by atoms with E-state index >= 15 is 0 Å². The van der Waals surface area contributed by atoms with Crippen LogP contribution in [-0.2, 0) is 61.4 Å². The Morgan fingerprint density at radius 3 is 2.18 bits per heavy atom. The highest BCUT2D eigenvalue weighted by atomic mass is 32.2. The van der Waals surface area contributed by atoms with Gasteiger partial charge < -0.3 is 25.4 Å². The number of imide groups is 1. The molecule has 4 N–H and O–H groups in total. The van der Waals surface area contributed by atoms with Gasteiger partial charge in [-0.2, -0.15) is 8.42 Å². The van der Waals surface area contributed by atoms with E-state index in [9.17, 15) is 37.2 Å². The minimum Gasteiger partial charge on any atom is -0.461 e. The average Bonchev–Trinajstić information content (AvgIpc) is 3.34. The second-order valence-corrected chi connectivity index (χ2v) is 13.7. The molecule has 0 bridgehead atoms. The van der Waals surface area contributed by atoms with Gasteiger partial charge in [-0.3, -0.25) is 38.2 Å². The highest BCUT2D eigenvalue weighted by Gasteiger charge is 2.27. The number of carbonyl (C=O) groups is 6. The number of rotatable bonds is 22. The van der Waals surface area contributed by atoms with Crippen LogP contribution in [0.5, 0.6) is 0 Å². The highest BCUT2D eigenvalue weighted by molar-refractivity contribution is 7.85. The molecule has 2 atom stereocenters. The van der Waals surface area contributed by atoms with Gasteiger partial charge in [0.2, 0.25) is 17.7 Å². The summed E-state index contributed by atoms with van der Waals surface area (Å²) in [6, 6.07) is 3.28.